The lowest BCUT2D eigenvalue weighted by Gasteiger charge is -2.11. The van der Waals surface area contributed by atoms with Crippen LogP contribution in [-0.4, -0.2) is 31.7 Å². The fraction of sp³-hybridized carbons (Fsp3) is 0.0952. The van der Waals surface area contributed by atoms with Gasteiger partial charge in [-0.1, -0.05) is 36.4 Å². The number of hydrogen-bond donors (Lipinski definition) is 2. The third-order valence-electron chi connectivity index (χ3n) is 4.49. The third-order valence-corrected chi connectivity index (χ3v) is 5.10. The molecule has 4 aromatic rings. The zero-order valence-corrected chi connectivity index (χ0v) is 17.9. The number of hydrogen-bond acceptors (Lipinski definition) is 5. The molecule has 0 aliphatic heterocycles. The molecular formula is C21H20ClN3O4S. The van der Waals surface area contributed by atoms with Crippen LogP contribution in [0, 0.1) is 0 Å². The molecule has 0 fully saturated rings. The van der Waals surface area contributed by atoms with Gasteiger partial charge in [0.1, 0.15) is 11.4 Å². The van der Waals surface area contributed by atoms with Crippen molar-refractivity contribution in [1.82, 2.24) is 4.73 Å². The van der Waals surface area contributed by atoms with E-state index in [0.29, 0.717) is 33.5 Å². The Morgan fingerprint density at radius 3 is 2.07 bits per heavy atom. The average Bonchev–Trinajstić information content (AvgIpc) is 2.70. The summed E-state index contributed by atoms with van der Waals surface area (Å²) in [6.45, 7) is 0. The maximum absolute atomic E-state index is 11.5. The summed E-state index contributed by atoms with van der Waals surface area (Å²) in [6, 6.07) is 19.8. The predicted molar refractivity (Wildman–Crippen MR) is 121 cm³/mol. The molecule has 3 aromatic carbocycles. The zero-order valence-electron chi connectivity index (χ0n) is 16.2. The molecule has 7 nitrogen and oxygen atoms in total. The molecular weight excluding hydrogens is 426 g/mol. The summed E-state index contributed by atoms with van der Waals surface area (Å²) in [7, 11) is -1.90. The van der Waals surface area contributed by atoms with Gasteiger partial charge in [0.05, 0.1) is 35.4 Å². The summed E-state index contributed by atoms with van der Waals surface area (Å²) in [5.74, 6) is 0.424. The van der Waals surface area contributed by atoms with E-state index in [1.165, 1.54) is 7.11 Å². The molecule has 0 spiro atoms. The topological polar surface area (TPSA) is 92.9 Å². The lowest BCUT2D eigenvalue weighted by atomic mass is 10.1. The van der Waals surface area contributed by atoms with Crippen LogP contribution in [0.1, 0.15) is 0 Å². The Labute approximate surface area is 179 Å². The highest BCUT2D eigenvalue weighted by Gasteiger charge is 2.11. The Balaban J connectivity index is 0.00000256. The van der Waals surface area contributed by atoms with Crippen molar-refractivity contribution >= 4 is 55.6 Å². The first-order valence-electron chi connectivity index (χ1n) is 8.80. The van der Waals surface area contributed by atoms with Crippen LogP contribution in [0.15, 0.2) is 71.7 Å². The summed E-state index contributed by atoms with van der Waals surface area (Å²) < 4.78 is 32.0. The van der Waals surface area contributed by atoms with Gasteiger partial charge in [0.25, 0.3) is 0 Å². The first-order valence-corrected chi connectivity index (χ1v) is 10.7. The fourth-order valence-corrected chi connectivity index (χ4v) is 3.84. The number of ether oxygens (including phenoxy) is 1. The van der Waals surface area contributed by atoms with Crippen molar-refractivity contribution in [3.05, 3.63) is 72.1 Å². The molecule has 1 aromatic heterocycles. The number of rotatable bonds is 4. The molecule has 156 valence electrons. The first kappa shape index (κ1) is 21.5. The van der Waals surface area contributed by atoms with Crippen LogP contribution in [0.4, 0.5) is 11.4 Å². The van der Waals surface area contributed by atoms with Gasteiger partial charge in [-0.05, 0) is 24.3 Å². The van der Waals surface area contributed by atoms with Crippen molar-refractivity contribution in [2.24, 2.45) is 4.99 Å². The Hall–Kier alpha value is -3.23. The number of methoxy groups -OCH3 is 1. The molecule has 1 heterocycles. The largest absolute Gasteiger partial charge is 0.494 e. The number of fused-ring (bicyclic) bond motifs is 2. The number of aromatic nitrogens is 1. The molecule has 0 radical (unpaired) electrons. The van der Waals surface area contributed by atoms with E-state index in [4.69, 9.17) is 9.73 Å². The molecule has 0 atom stereocenters. The van der Waals surface area contributed by atoms with Crippen LogP contribution < -0.4 is 14.8 Å². The second-order valence-corrected chi connectivity index (χ2v) is 8.32. The highest BCUT2D eigenvalue weighted by Crippen LogP contribution is 2.31. The second-order valence-electron chi connectivity index (χ2n) is 6.57. The van der Waals surface area contributed by atoms with Crippen LogP contribution in [0.5, 0.6) is 5.75 Å². The predicted octanol–water partition coefficient (Wildman–Crippen LogP) is 4.07. The maximum atomic E-state index is 11.5. The summed E-state index contributed by atoms with van der Waals surface area (Å²) in [5, 5.41) is 12.9. The molecule has 2 N–H and O–H groups in total. The summed E-state index contributed by atoms with van der Waals surface area (Å²) >= 11 is 0. The van der Waals surface area contributed by atoms with Crippen LogP contribution in [0.25, 0.3) is 21.8 Å². The molecule has 0 saturated heterocycles. The Bertz CT molecular complexity index is 1360. The van der Waals surface area contributed by atoms with Gasteiger partial charge in [-0.25, -0.2) is 13.4 Å². The van der Waals surface area contributed by atoms with Crippen molar-refractivity contribution in [2.75, 3.05) is 18.1 Å². The van der Waals surface area contributed by atoms with Gasteiger partial charge in [-0.3, -0.25) is 4.72 Å². The van der Waals surface area contributed by atoms with E-state index in [1.807, 2.05) is 48.5 Å². The number of halogens is 1. The van der Waals surface area contributed by atoms with Crippen molar-refractivity contribution in [3.63, 3.8) is 0 Å². The Morgan fingerprint density at radius 2 is 1.53 bits per heavy atom. The van der Waals surface area contributed by atoms with Crippen LogP contribution in [0.2, 0.25) is 0 Å². The maximum Gasteiger partial charge on any atom is 0.229 e. The lowest BCUT2D eigenvalue weighted by molar-refractivity contribution is 0.211. The SMILES string of the molecule is COc1cc(NS(C)(=O)=O)ccc1N=c1c2ccccc2n(O)c2ccccc12.Cl. The fourth-order valence-electron chi connectivity index (χ4n) is 3.28. The van der Waals surface area contributed by atoms with E-state index in [9.17, 15) is 13.6 Å². The number of nitrogens with one attached hydrogen (secondary N) is 1. The van der Waals surface area contributed by atoms with Crippen LogP contribution in [0.3, 0.4) is 0 Å². The van der Waals surface area contributed by atoms with Crippen molar-refractivity contribution in [3.8, 4) is 5.75 Å². The quantitative estimate of drug-likeness (QED) is 0.366. The second kappa shape index (κ2) is 8.25. The molecule has 0 amide bonds. The highest BCUT2D eigenvalue weighted by atomic mass is 35.5. The van der Waals surface area contributed by atoms with Crippen molar-refractivity contribution in [1.29, 1.82) is 0 Å². The summed E-state index contributed by atoms with van der Waals surface area (Å²) in [4.78, 5) is 4.82. The van der Waals surface area contributed by atoms with Gasteiger partial charge in [0.15, 0.2) is 0 Å². The normalized spacial score (nSPS) is 11.1. The molecule has 0 aliphatic rings. The molecule has 0 bridgehead atoms. The van der Waals surface area contributed by atoms with E-state index in [0.717, 1.165) is 21.8 Å². The van der Waals surface area contributed by atoms with Gasteiger partial charge in [0, 0.05) is 16.8 Å². The highest BCUT2D eigenvalue weighted by molar-refractivity contribution is 7.92. The van der Waals surface area contributed by atoms with Crippen LogP contribution >= 0.6 is 12.4 Å². The van der Waals surface area contributed by atoms with Crippen LogP contribution in [-0.2, 0) is 10.0 Å². The molecule has 0 aliphatic carbocycles. The lowest BCUT2D eigenvalue weighted by Crippen LogP contribution is -2.11. The van der Waals surface area contributed by atoms with E-state index < -0.39 is 10.0 Å². The van der Waals surface area contributed by atoms with Crippen molar-refractivity contribution in [2.45, 2.75) is 0 Å². The van der Waals surface area contributed by atoms with E-state index >= 15 is 0 Å². The number of para-hydroxylation sites is 2. The molecule has 4 rings (SSSR count). The molecule has 0 unspecified atom stereocenters. The zero-order chi connectivity index (χ0) is 20.6. The van der Waals surface area contributed by atoms with Gasteiger partial charge in [-0.2, -0.15) is 4.73 Å². The summed E-state index contributed by atoms with van der Waals surface area (Å²) in [6.07, 6.45) is 1.09. The minimum Gasteiger partial charge on any atom is -0.494 e. The minimum atomic E-state index is -3.40. The molecule has 0 saturated carbocycles. The first-order chi connectivity index (χ1) is 13.9. The standard InChI is InChI=1S/C21H19N3O4S.ClH/c1-28-20-13-14(23-29(2,26)27)11-12-17(20)22-21-15-7-3-5-9-18(15)24(25)19-10-6-4-8-16(19)21;/h3-13,23,25H,1-2H3;1H. The Morgan fingerprint density at radius 1 is 0.967 bits per heavy atom. The van der Waals surface area contributed by atoms with Gasteiger partial charge < -0.3 is 9.94 Å². The third kappa shape index (κ3) is 4.05. The molecule has 9 heteroatoms. The van der Waals surface area contributed by atoms with E-state index in [-0.39, 0.29) is 12.4 Å². The monoisotopic (exact) mass is 445 g/mol. The Kier molecular flexibility index (Phi) is 5.91. The number of benzene rings is 3. The average molecular weight is 446 g/mol. The number of anilines is 1. The van der Waals surface area contributed by atoms with Crippen molar-refractivity contribution < 1.29 is 18.4 Å². The number of sulfonamides is 1. The van der Waals surface area contributed by atoms with Gasteiger partial charge in [-0.15, -0.1) is 12.4 Å². The smallest absolute Gasteiger partial charge is 0.229 e. The summed E-state index contributed by atoms with van der Waals surface area (Å²) in [5.41, 5.74) is 2.18. The van der Waals surface area contributed by atoms with Gasteiger partial charge in [0.2, 0.25) is 10.0 Å². The van der Waals surface area contributed by atoms with E-state index in [2.05, 4.69) is 4.72 Å². The van der Waals surface area contributed by atoms with E-state index in [1.54, 1.807) is 18.2 Å². The van der Waals surface area contributed by atoms with Gasteiger partial charge >= 0.3 is 0 Å². The number of pyridine rings is 1. The number of nitrogens with zero attached hydrogens (tertiary/aromatic N) is 2. The molecule has 30 heavy (non-hydrogen) atoms. The minimum absolute atomic E-state index is 0.